The minimum Gasteiger partial charge on any atom is -0.496 e. The van der Waals surface area contributed by atoms with Crippen LogP contribution in [0.1, 0.15) is 38.7 Å². The molecule has 0 spiro atoms. The molecular weight excluding hydrogens is 470 g/mol. The summed E-state index contributed by atoms with van der Waals surface area (Å²) in [6.45, 7) is 1.18. The second kappa shape index (κ2) is 8.90. The highest BCUT2D eigenvalue weighted by molar-refractivity contribution is 7.87. The van der Waals surface area contributed by atoms with Crippen molar-refractivity contribution in [2.45, 2.75) is 30.3 Å². The summed E-state index contributed by atoms with van der Waals surface area (Å²) in [6.07, 6.45) is 1.30. The summed E-state index contributed by atoms with van der Waals surface area (Å²) in [7, 11) is -1.11. The van der Waals surface area contributed by atoms with Crippen LogP contribution in [0.5, 0.6) is 17.2 Å². The third-order valence-electron chi connectivity index (χ3n) is 6.70. The molecular formula is C26H25NO7S. The molecule has 3 aromatic rings. The Hall–Kier alpha value is -3.56. The molecule has 1 atom stereocenters. The number of methoxy groups -OCH3 is 2. The topological polar surface area (TPSA) is 102 Å². The van der Waals surface area contributed by atoms with Crippen molar-refractivity contribution in [3.63, 3.8) is 0 Å². The molecule has 2 aliphatic heterocycles. The second-order valence-corrected chi connectivity index (χ2v) is 10.1. The van der Waals surface area contributed by atoms with Gasteiger partial charge < -0.3 is 18.8 Å². The third kappa shape index (κ3) is 4.11. The lowest BCUT2D eigenvalue weighted by atomic mass is 9.83. The van der Waals surface area contributed by atoms with Crippen molar-refractivity contribution < 1.29 is 32.0 Å². The number of fused-ring (bicyclic) bond motifs is 4. The number of aromatic carboxylic acids is 1. The fraction of sp³-hybridized carbons (Fsp3) is 0.269. The molecule has 2 aliphatic rings. The quantitative estimate of drug-likeness (QED) is 0.515. The standard InChI is InChI=1S/C26H25NO7S/c1-32-23-9-8-16-12-22-19-14-20(26(28)29)24(33-2)13-17(19)10-11-27(22)15-21(16)25(23)34-35(30,31)18-6-4-3-5-7-18/h3-9,13-14,22H,10-12,15H2,1-2H3,(H,28,29). The number of carbonyl (C=O) groups is 1. The Balaban J connectivity index is 1.55. The molecule has 35 heavy (non-hydrogen) atoms. The van der Waals surface area contributed by atoms with Crippen LogP contribution in [0.25, 0.3) is 0 Å². The first-order valence-corrected chi connectivity index (χ1v) is 12.6. The van der Waals surface area contributed by atoms with Gasteiger partial charge in [0, 0.05) is 24.7 Å². The summed E-state index contributed by atoms with van der Waals surface area (Å²) < 4.78 is 42.4. The maximum atomic E-state index is 13.0. The van der Waals surface area contributed by atoms with E-state index in [4.69, 9.17) is 13.7 Å². The average Bonchev–Trinajstić information content (AvgIpc) is 2.87. The third-order valence-corrected chi connectivity index (χ3v) is 7.94. The Morgan fingerprint density at radius 2 is 1.74 bits per heavy atom. The van der Waals surface area contributed by atoms with E-state index in [0.717, 1.165) is 35.2 Å². The zero-order valence-corrected chi connectivity index (χ0v) is 20.2. The maximum absolute atomic E-state index is 13.0. The Bertz CT molecular complexity index is 1400. The molecule has 5 rings (SSSR count). The number of ether oxygens (including phenoxy) is 2. The van der Waals surface area contributed by atoms with Gasteiger partial charge in [-0.1, -0.05) is 24.3 Å². The number of hydrogen-bond donors (Lipinski definition) is 1. The first-order chi connectivity index (χ1) is 16.8. The number of carboxylic acid groups (broad SMARTS) is 1. The van der Waals surface area contributed by atoms with E-state index in [0.29, 0.717) is 24.5 Å². The lowest BCUT2D eigenvalue weighted by Crippen LogP contribution is -2.39. The van der Waals surface area contributed by atoms with E-state index in [-0.39, 0.29) is 22.3 Å². The fourth-order valence-corrected chi connectivity index (χ4v) is 5.96. The number of benzene rings is 3. The largest absolute Gasteiger partial charge is 0.496 e. The first kappa shape index (κ1) is 23.2. The lowest BCUT2D eigenvalue weighted by molar-refractivity contribution is 0.0692. The summed E-state index contributed by atoms with van der Waals surface area (Å²) in [5, 5.41) is 9.67. The molecule has 182 valence electrons. The second-order valence-electron chi connectivity index (χ2n) is 8.58. The summed E-state index contributed by atoms with van der Waals surface area (Å²) >= 11 is 0. The van der Waals surface area contributed by atoms with Gasteiger partial charge >= 0.3 is 16.1 Å². The number of hydrogen-bond acceptors (Lipinski definition) is 7. The van der Waals surface area contributed by atoms with Crippen LogP contribution in [0.2, 0.25) is 0 Å². The molecule has 0 amide bonds. The minimum absolute atomic E-state index is 0.0396. The SMILES string of the molecule is COc1cc2c(cc1C(=O)O)C1Cc3ccc(OC)c(OS(=O)(=O)c4ccccc4)c3CN1CC2. The fourth-order valence-electron chi connectivity index (χ4n) is 4.97. The molecule has 0 radical (unpaired) electrons. The van der Waals surface area contributed by atoms with Crippen molar-refractivity contribution in [1.82, 2.24) is 4.90 Å². The average molecular weight is 496 g/mol. The first-order valence-electron chi connectivity index (χ1n) is 11.2. The van der Waals surface area contributed by atoms with Crippen molar-refractivity contribution in [1.29, 1.82) is 0 Å². The van der Waals surface area contributed by atoms with Gasteiger partial charge in [0.2, 0.25) is 0 Å². The molecule has 0 aliphatic carbocycles. The van der Waals surface area contributed by atoms with E-state index in [1.807, 2.05) is 12.1 Å². The normalized spacial score (nSPS) is 17.0. The van der Waals surface area contributed by atoms with E-state index in [9.17, 15) is 18.3 Å². The van der Waals surface area contributed by atoms with Crippen molar-refractivity contribution in [3.05, 3.63) is 82.4 Å². The van der Waals surface area contributed by atoms with Crippen LogP contribution < -0.4 is 13.7 Å². The molecule has 0 bridgehead atoms. The Morgan fingerprint density at radius 3 is 2.43 bits per heavy atom. The van der Waals surface area contributed by atoms with Crippen molar-refractivity contribution >= 4 is 16.1 Å². The van der Waals surface area contributed by atoms with Gasteiger partial charge in [-0.2, -0.15) is 8.42 Å². The van der Waals surface area contributed by atoms with Gasteiger partial charge in [-0.3, -0.25) is 4.90 Å². The van der Waals surface area contributed by atoms with Crippen LogP contribution in [0, 0.1) is 0 Å². The van der Waals surface area contributed by atoms with E-state index in [2.05, 4.69) is 4.90 Å². The molecule has 0 saturated carbocycles. The zero-order valence-electron chi connectivity index (χ0n) is 19.4. The van der Waals surface area contributed by atoms with Gasteiger partial charge in [0.25, 0.3) is 0 Å². The van der Waals surface area contributed by atoms with Crippen LogP contribution in [0.4, 0.5) is 0 Å². The summed E-state index contributed by atoms with van der Waals surface area (Å²) in [6, 6.07) is 15.1. The van der Waals surface area contributed by atoms with E-state index in [1.54, 1.807) is 30.3 Å². The highest BCUT2D eigenvalue weighted by atomic mass is 32.2. The minimum atomic E-state index is -4.06. The Labute approximate surface area is 203 Å². The number of rotatable bonds is 6. The zero-order chi connectivity index (χ0) is 24.7. The van der Waals surface area contributed by atoms with Crippen molar-refractivity contribution in [3.8, 4) is 17.2 Å². The Kier molecular flexibility index (Phi) is 5.90. The van der Waals surface area contributed by atoms with Crippen molar-refractivity contribution in [2.75, 3.05) is 20.8 Å². The van der Waals surface area contributed by atoms with Gasteiger partial charge in [0.05, 0.1) is 14.2 Å². The van der Waals surface area contributed by atoms with Crippen LogP contribution >= 0.6 is 0 Å². The molecule has 0 fully saturated rings. The summed E-state index contributed by atoms with van der Waals surface area (Å²) in [4.78, 5) is 14.1. The summed E-state index contributed by atoms with van der Waals surface area (Å²) in [5.74, 6) is -0.145. The molecule has 0 aromatic heterocycles. The molecule has 1 N–H and O–H groups in total. The Morgan fingerprint density at radius 1 is 1.00 bits per heavy atom. The van der Waals surface area contributed by atoms with Crippen LogP contribution in [-0.2, 0) is 29.5 Å². The van der Waals surface area contributed by atoms with Crippen LogP contribution in [-0.4, -0.2) is 45.2 Å². The highest BCUT2D eigenvalue weighted by Gasteiger charge is 2.36. The monoisotopic (exact) mass is 495 g/mol. The van der Waals surface area contributed by atoms with Gasteiger partial charge in [-0.25, -0.2) is 4.79 Å². The predicted octanol–water partition coefficient (Wildman–Crippen LogP) is 3.83. The number of carboxylic acids is 1. The van der Waals surface area contributed by atoms with Gasteiger partial charge in [0.1, 0.15) is 16.2 Å². The maximum Gasteiger partial charge on any atom is 0.339 e. The molecule has 1 unspecified atom stereocenters. The lowest BCUT2D eigenvalue weighted by Gasteiger charge is -2.42. The predicted molar refractivity (Wildman–Crippen MR) is 128 cm³/mol. The van der Waals surface area contributed by atoms with Crippen LogP contribution in [0.3, 0.4) is 0 Å². The summed E-state index contributed by atoms with van der Waals surface area (Å²) in [5.41, 5.74) is 3.84. The number of nitrogens with zero attached hydrogens (tertiary/aromatic N) is 1. The van der Waals surface area contributed by atoms with Gasteiger partial charge in [-0.15, -0.1) is 0 Å². The van der Waals surface area contributed by atoms with E-state index >= 15 is 0 Å². The van der Waals surface area contributed by atoms with Crippen LogP contribution in [0.15, 0.2) is 59.5 Å². The van der Waals surface area contributed by atoms with Gasteiger partial charge in [0.15, 0.2) is 11.5 Å². The molecule has 8 nitrogen and oxygen atoms in total. The van der Waals surface area contributed by atoms with E-state index in [1.165, 1.54) is 26.4 Å². The smallest absolute Gasteiger partial charge is 0.339 e. The van der Waals surface area contributed by atoms with Crippen molar-refractivity contribution in [2.24, 2.45) is 0 Å². The molecule has 3 aromatic carbocycles. The van der Waals surface area contributed by atoms with Gasteiger partial charge in [-0.05, 0) is 59.9 Å². The highest BCUT2D eigenvalue weighted by Crippen LogP contribution is 2.45. The molecule has 9 heteroatoms. The van der Waals surface area contributed by atoms with E-state index < -0.39 is 16.1 Å². The molecule has 0 saturated heterocycles. The molecule has 2 heterocycles.